The Morgan fingerprint density at radius 1 is 1.44 bits per heavy atom. The van der Waals surface area contributed by atoms with E-state index in [-0.39, 0.29) is 5.91 Å². The monoisotopic (exact) mass is 264 g/mol. The van der Waals surface area contributed by atoms with Crippen molar-refractivity contribution in [2.24, 2.45) is 5.92 Å². The molecule has 94 valence electrons. The van der Waals surface area contributed by atoms with Gasteiger partial charge in [0.05, 0.1) is 0 Å². The summed E-state index contributed by atoms with van der Waals surface area (Å²) in [6.07, 6.45) is 0. The van der Waals surface area contributed by atoms with Crippen molar-refractivity contribution in [2.45, 2.75) is 0 Å². The number of hydrogen-bond acceptors (Lipinski definition) is 3. The first-order valence-electron chi connectivity index (χ1n) is 5.90. The average Bonchev–Trinajstić information content (AvgIpc) is 2.69. The summed E-state index contributed by atoms with van der Waals surface area (Å²) in [7, 11) is 0. The first-order valence-corrected chi connectivity index (χ1v) is 6.28. The number of carbonyl (C=O) groups excluding carboxylic acids is 1. The normalized spacial score (nSPS) is 15.6. The zero-order chi connectivity index (χ0) is 12.5. The van der Waals surface area contributed by atoms with Crippen LogP contribution in [0.15, 0.2) is 28.7 Å². The van der Waals surface area contributed by atoms with Crippen LogP contribution in [0, 0.1) is 5.92 Å². The zero-order valence-corrected chi connectivity index (χ0v) is 10.5. The van der Waals surface area contributed by atoms with Gasteiger partial charge in [0.15, 0.2) is 5.76 Å². The largest absolute Gasteiger partial charge is 0.451 e. The molecule has 1 aromatic heterocycles. The topological polar surface area (TPSA) is 54.3 Å². The molecular formula is C13H13ClN2O2. The van der Waals surface area contributed by atoms with Crippen molar-refractivity contribution in [3.8, 4) is 0 Å². The molecule has 18 heavy (non-hydrogen) atoms. The highest BCUT2D eigenvalue weighted by atomic mass is 35.5. The molecule has 3 rings (SSSR count). The predicted molar refractivity (Wildman–Crippen MR) is 69.9 cm³/mol. The molecule has 5 heteroatoms. The van der Waals surface area contributed by atoms with Crippen molar-refractivity contribution in [2.75, 3.05) is 19.6 Å². The van der Waals surface area contributed by atoms with Crippen molar-refractivity contribution in [3.05, 3.63) is 35.0 Å². The van der Waals surface area contributed by atoms with Crippen LogP contribution in [0.3, 0.4) is 0 Å². The van der Waals surface area contributed by atoms with E-state index in [4.69, 9.17) is 16.0 Å². The van der Waals surface area contributed by atoms with Gasteiger partial charge < -0.3 is 15.1 Å². The SMILES string of the molecule is O=C(NCC1CNC1)c1cc2cc(Cl)ccc2o1. The number of furan rings is 1. The Kier molecular flexibility index (Phi) is 2.97. The van der Waals surface area contributed by atoms with E-state index in [1.807, 2.05) is 0 Å². The van der Waals surface area contributed by atoms with Crippen LogP contribution in [-0.2, 0) is 0 Å². The second kappa shape index (κ2) is 4.63. The fraction of sp³-hybridized carbons (Fsp3) is 0.308. The van der Waals surface area contributed by atoms with Crippen LogP contribution in [0.2, 0.25) is 5.02 Å². The summed E-state index contributed by atoms with van der Waals surface area (Å²) in [5, 5.41) is 7.51. The Labute approximate surface area is 109 Å². The highest BCUT2D eigenvalue weighted by molar-refractivity contribution is 6.31. The summed E-state index contributed by atoms with van der Waals surface area (Å²) >= 11 is 5.89. The van der Waals surface area contributed by atoms with Gasteiger partial charge in [0.2, 0.25) is 0 Å². The van der Waals surface area contributed by atoms with Gasteiger partial charge in [-0.2, -0.15) is 0 Å². The molecule has 4 nitrogen and oxygen atoms in total. The third-order valence-electron chi connectivity index (χ3n) is 3.12. The van der Waals surface area contributed by atoms with Crippen molar-refractivity contribution in [1.29, 1.82) is 0 Å². The molecule has 1 aliphatic heterocycles. The van der Waals surface area contributed by atoms with Crippen LogP contribution >= 0.6 is 11.6 Å². The molecule has 2 heterocycles. The molecule has 1 aromatic carbocycles. The van der Waals surface area contributed by atoms with Gasteiger partial charge in [-0.05, 0) is 24.3 Å². The summed E-state index contributed by atoms with van der Waals surface area (Å²) < 4.78 is 5.48. The van der Waals surface area contributed by atoms with E-state index >= 15 is 0 Å². The first-order chi connectivity index (χ1) is 8.72. The minimum atomic E-state index is -0.172. The minimum Gasteiger partial charge on any atom is -0.451 e. The van der Waals surface area contributed by atoms with Gasteiger partial charge in [-0.1, -0.05) is 11.6 Å². The van der Waals surface area contributed by atoms with E-state index in [1.165, 1.54) is 0 Å². The molecule has 0 aliphatic carbocycles. The maximum Gasteiger partial charge on any atom is 0.287 e. The maximum absolute atomic E-state index is 11.9. The number of benzene rings is 1. The maximum atomic E-state index is 11.9. The van der Waals surface area contributed by atoms with Crippen molar-refractivity contribution >= 4 is 28.5 Å². The highest BCUT2D eigenvalue weighted by Gasteiger charge is 2.19. The van der Waals surface area contributed by atoms with Crippen LogP contribution < -0.4 is 10.6 Å². The fourth-order valence-electron chi connectivity index (χ4n) is 1.94. The molecule has 0 spiro atoms. The van der Waals surface area contributed by atoms with Gasteiger partial charge in [-0.15, -0.1) is 0 Å². The summed E-state index contributed by atoms with van der Waals surface area (Å²) in [4.78, 5) is 11.9. The lowest BCUT2D eigenvalue weighted by Crippen LogP contribution is -2.48. The lowest BCUT2D eigenvalue weighted by Gasteiger charge is -2.26. The molecule has 1 aliphatic rings. The van der Waals surface area contributed by atoms with Crippen LogP contribution in [0.1, 0.15) is 10.6 Å². The minimum absolute atomic E-state index is 0.172. The van der Waals surface area contributed by atoms with E-state index < -0.39 is 0 Å². The van der Waals surface area contributed by atoms with E-state index in [1.54, 1.807) is 24.3 Å². The van der Waals surface area contributed by atoms with Gasteiger partial charge >= 0.3 is 0 Å². The second-order valence-corrected chi connectivity index (χ2v) is 4.96. The number of hydrogen-bond donors (Lipinski definition) is 2. The Morgan fingerprint density at radius 2 is 2.28 bits per heavy atom. The summed E-state index contributed by atoms with van der Waals surface area (Å²) in [6.45, 7) is 2.62. The second-order valence-electron chi connectivity index (χ2n) is 4.53. The number of amides is 1. The van der Waals surface area contributed by atoms with Crippen LogP contribution in [0.25, 0.3) is 11.0 Å². The molecule has 2 N–H and O–H groups in total. The Morgan fingerprint density at radius 3 is 3.00 bits per heavy atom. The van der Waals surface area contributed by atoms with Crippen LogP contribution in [-0.4, -0.2) is 25.5 Å². The number of rotatable bonds is 3. The Balaban J connectivity index is 1.74. The Bertz CT molecular complexity index is 590. The molecule has 0 unspecified atom stereocenters. The van der Waals surface area contributed by atoms with E-state index in [0.717, 1.165) is 18.5 Å². The lowest BCUT2D eigenvalue weighted by atomic mass is 10.0. The van der Waals surface area contributed by atoms with Gasteiger partial charge in [0.1, 0.15) is 5.58 Å². The zero-order valence-electron chi connectivity index (χ0n) is 9.70. The summed E-state index contributed by atoms with van der Waals surface area (Å²) in [5.74, 6) is 0.696. The van der Waals surface area contributed by atoms with Crippen molar-refractivity contribution < 1.29 is 9.21 Å². The standard InChI is InChI=1S/C13H13ClN2O2/c14-10-1-2-11-9(3-10)4-12(18-11)13(17)16-7-8-5-15-6-8/h1-4,8,15H,5-7H2,(H,16,17). The quantitative estimate of drug-likeness (QED) is 0.892. The van der Waals surface area contributed by atoms with Gasteiger partial charge in [0, 0.05) is 36.0 Å². The molecule has 0 atom stereocenters. The third-order valence-corrected chi connectivity index (χ3v) is 3.35. The molecule has 0 bridgehead atoms. The van der Waals surface area contributed by atoms with Crippen LogP contribution in [0.4, 0.5) is 0 Å². The van der Waals surface area contributed by atoms with Crippen molar-refractivity contribution in [1.82, 2.24) is 10.6 Å². The molecule has 1 amide bonds. The van der Waals surface area contributed by atoms with E-state index in [9.17, 15) is 4.79 Å². The average molecular weight is 265 g/mol. The molecule has 0 radical (unpaired) electrons. The van der Waals surface area contributed by atoms with E-state index in [2.05, 4.69) is 10.6 Å². The highest BCUT2D eigenvalue weighted by Crippen LogP contribution is 2.22. The van der Waals surface area contributed by atoms with Gasteiger partial charge in [0.25, 0.3) is 5.91 Å². The number of fused-ring (bicyclic) bond motifs is 1. The lowest BCUT2D eigenvalue weighted by molar-refractivity contribution is 0.0916. The number of nitrogens with one attached hydrogen (secondary N) is 2. The third kappa shape index (κ3) is 2.21. The Hall–Kier alpha value is -1.52. The number of halogens is 1. The van der Waals surface area contributed by atoms with Crippen molar-refractivity contribution in [3.63, 3.8) is 0 Å². The molecule has 0 saturated carbocycles. The molecule has 1 saturated heterocycles. The van der Waals surface area contributed by atoms with Crippen LogP contribution in [0.5, 0.6) is 0 Å². The first kappa shape index (κ1) is 11.6. The van der Waals surface area contributed by atoms with E-state index in [0.29, 0.717) is 28.8 Å². The summed E-state index contributed by atoms with van der Waals surface area (Å²) in [6, 6.07) is 7.02. The molecule has 2 aromatic rings. The summed E-state index contributed by atoms with van der Waals surface area (Å²) in [5.41, 5.74) is 0.676. The predicted octanol–water partition coefficient (Wildman–Crippen LogP) is 2.04. The molecular weight excluding hydrogens is 252 g/mol. The smallest absolute Gasteiger partial charge is 0.287 e. The fourth-order valence-corrected chi connectivity index (χ4v) is 2.12. The molecule has 1 fully saturated rings. The van der Waals surface area contributed by atoms with Gasteiger partial charge in [-0.3, -0.25) is 4.79 Å². The number of carbonyl (C=O) groups is 1. The van der Waals surface area contributed by atoms with Gasteiger partial charge in [-0.25, -0.2) is 0 Å².